The van der Waals surface area contributed by atoms with Crippen molar-refractivity contribution in [2.24, 2.45) is 0 Å². The number of H-pyrrole nitrogens is 3. The van der Waals surface area contributed by atoms with Crippen molar-refractivity contribution >= 4 is 65.4 Å². The minimum absolute atomic E-state index is 0.126. The van der Waals surface area contributed by atoms with Gasteiger partial charge >= 0.3 is 0 Å². The molecule has 0 aliphatic heterocycles. The number of benzene rings is 4. The normalized spacial score (nSPS) is 12.5. The molecule has 0 saturated heterocycles. The van der Waals surface area contributed by atoms with Crippen LogP contribution < -0.4 is 0 Å². The Kier molecular flexibility index (Phi) is 2.74. The fourth-order valence-electron chi connectivity index (χ4n) is 4.86. The van der Waals surface area contributed by atoms with Crippen LogP contribution in [0.2, 0.25) is 0 Å². The second kappa shape index (κ2) is 5.16. The lowest BCUT2D eigenvalue weighted by Gasteiger charge is -2.01. The van der Waals surface area contributed by atoms with Crippen molar-refractivity contribution in [2.45, 2.75) is 0 Å². The third kappa shape index (κ3) is 1.77. The molecule has 4 aromatic carbocycles. The highest BCUT2D eigenvalue weighted by Crippen LogP contribution is 2.44. The minimum atomic E-state index is -0.907. The first-order valence-corrected chi connectivity index (χ1v) is 9.54. The van der Waals surface area contributed by atoms with E-state index in [1.54, 1.807) is 12.1 Å². The van der Waals surface area contributed by atoms with Crippen molar-refractivity contribution in [2.75, 3.05) is 0 Å². The summed E-state index contributed by atoms with van der Waals surface area (Å²) in [5, 5.41) is 4.94. The van der Waals surface area contributed by atoms with Gasteiger partial charge in [0.25, 0.3) is 0 Å². The van der Waals surface area contributed by atoms with Crippen LogP contribution in [-0.2, 0) is 0 Å². The van der Waals surface area contributed by atoms with Gasteiger partial charge < -0.3 is 15.0 Å². The summed E-state index contributed by atoms with van der Waals surface area (Å²) in [5.74, 6) is -2.15. The molecule has 144 valence electrons. The van der Waals surface area contributed by atoms with Gasteiger partial charge in [-0.15, -0.1) is 0 Å². The average molecular weight is 399 g/mol. The monoisotopic (exact) mass is 399 g/mol. The molecule has 0 spiro atoms. The number of nitrogens with one attached hydrogen (secondary N) is 3. The van der Waals surface area contributed by atoms with Crippen LogP contribution in [0.1, 0.15) is 0 Å². The molecule has 7 aromatic rings. The van der Waals surface area contributed by atoms with Gasteiger partial charge in [-0.2, -0.15) is 0 Å². The van der Waals surface area contributed by atoms with Crippen LogP contribution >= 0.6 is 0 Å². The zero-order valence-electron chi connectivity index (χ0n) is 15.3. The van der Waals surface area contributed by atoms with Gasteiger partial charge in [0.1, 0.15) is 5.82 Å². The Morgan fingerprint density at radius 3 is 2.13 bits per heavy atom. The molecule has 30 heavy (non-hydrogen) atoms. The lowest BCUT2D eigenvalue weighted by molar-refractivity contribution is 0.516. The molecule has 0 saturated carbocycles. The first kappa shape index (κ1) is 15.9. The molecule has 3 heterocycles. The zero-order chi connectivity index (χ0) is 20.1. The summed E-state index contributed by atoms with van der Waals surface area (Å²) >= 11 is 0. The lowest BCUT2D eigenvalue weighted by Crippen LogP contribution is -1.83. The Labute approximate surface area is 166 Å². The van der Waals surface area contributed by atoms with Crippen molar-refractivity contribution in [3.05, 3.63) is 72.0 Å². The van der Waals surface area contributed by atoms with E-state index in [2.05, 4.69) is 15.0 Å². The Morgan fingerprint density at radius 2 is 1.23 bits per heavy atom. The molecule has 3 N–H and O–H groups in total. The van der Waals surface area contributed by atoms with Crippen LogP contribution in [0, 0.1) is 17.5 Å². The van der Waals surface area contributed by atoms with E-state index in [4.69, 9.17) is 0 Å². The van der Waals surface area contributed by atoms with Gasteiger partial charge in [-0.05, 0) is 36.4 Å². The van der Waals surface area contributed by atoms with E-state index in [-0.39, 0.29) is 11.3 Å². The van der Waals surface area contributed by atoms with Crippen LogP contribution in [0.3, 0.4) is 0 Å². The van der Waals surface area contributed by atoms with E-state index < -0.39 is 11.6 Å². The van der Waals surface area contributed by atoms with Gasteiger partial charge in [-0.3, -0.25) is 0 Å². The molecule has 0 amide bonds. The lowest BCUT2D eigenvalue weighted by atomic mass is 10.0. The number of hydrogen-bond acceptors (Lipinski definition) is 0. The Morgan fingerprint density at radius 1 is 0.533 bits per heavy atom. The zero-order valence-corrected chi connectivity index (χ0v) is 15.3. The number of hydrogen-bond donors (Lipinski definition) is 3. The van der Waals surface area contributed by atoms with Gasteiger partial charge in [0.05, 0.1) is 22.1 Å². The van der Waals surface area contributed by atoms with E-state index in [0.29, 0.717) is 16.4 Å². The van der Waals surface area contributed by atoms with Crippen molar-refractivity contribution in [3.8, 4) is 0 Å². The van der Waals surface area contributed by atoms with E-state index in [9.17, 15) is 13.2 Å². The molecule has 0 atom stereocenters. The molecule has 6 heteroatoms. The first-order valence-electron chi connectivity index (χ1n) is 9.54. The highest BCUT2D eigenvalue weighted by Gasteiger charge is 2.22. The van der Waals surface area contributed by atoms with Gasteiger partial charge in [0.2, 0.25) is 0 Å². The summed E-state index contributed by atoms with van der Waals surface area (Å²) in [4.78, 5) is 9.92. The van der Waals surface area contributed by atoms with Crippen molar-refractivity contribution in [1.29, 1.82) is 0 Å². The Hall–Kier alpha value is -3.93. The standard InChI is InChI=1S/C24H12F3N3/c25-10-5-6-12-16(9-10)29-24-19(12)22-18(13-7-8-14(26)20(27)21(13)30-22)17-11-3-1-2-4-15(11)28-23(17)24/h1-9,28-30H. The summed E-state index contributed by atoms with van der Waals surface area (Å²) in [5.41, 5.74) is 4.04. The molecular formula is C24H12F3N3. The number of fused-ring (bicyclic) bond motifs is 12. The number of aromatic amines is 3. The Balaban J connectivity index is 1.91. The number of aromatic nitrogens is 3. The van der Waals surface area contributed by atoms with E-state index in [1.165, 1.54) is 12.1 Å². The molecular weight excluding hydrogens is 387 g/mol. The average Bonchev–Trinajstić information content (AvgIpc) is 3.41. The van der Waals surface area contributed by atoms with Crippen molar-refractivity contribution in [3.63, 3.8) is 0 Å². The van der Waals surface area contributed by atoms with Crippen LogP contribution in [-0.4, -0.2) is 15.0 Å². The largest absolute Gasteiger partial charge is 0.353 e. The van der Waals surface area contributed by atoms with Crippen LogP contribution in [0.25, 0.3) is 65.4 Å². The molecule has 0 radical (unpaired) electrons. The van der Waals surface area contributed by atoms with E-state index in [1.807, 2.05) is 24.3 Å². The predicted molar refractivity (Wildman–Crippen MR) is 114 cm³/mol. The molecule has 0 aliphatic carbocycles. The Bertz CT molecular complexity index is 1840. The first-order chi connectivity index (χ1) is 14.6. The van der Waals surface area contributed by atoms with Crippen LogP contribution in [0.4, 0.5) is 13.2 Å². The fraction of sp³-hybridized carbons (Fsp3) is 0. The maximum absolute atomic E-state index is 14.7. The van der Waals surface area contributed by atoms with Gasteiger partial charge in [-0.1, -0.05) is 18.2 Å². The summed E-state index contributed by atoms with van der Waals surface area (Å²) in [6.45, 7) is 0. The van der Waals surface area contributed by atoms with Crippen molar-refractivity contribution < 1.29 is 13.2 Å². The maximum atomic E-state index is 14.7. The fourth-order valence-corrected chi connectivity index (χ4v) is 4.86. The highest BCUT2D eigenvalue weighted by molar-refractivity contribution is 6.39. The summed E-state index contributed by atoms with van der Waals surface area (Å²) in [6, 6.07) is 15.2. The smallest absolute Gasteiger partial charge is 0.182 e. The predicted octanol–water partition coefficient (Wildman–Crippen LogP) is 7.01. The number of para-hydroxylation sites is 1. The van der Waals surface area contributed by atoms with Gasteiger partial charge in [0.15, 0.2) is 11.6 Å². The van der Waals surface area contributed by atoms with Crippen molar-refractivity contribution in [1.82, 2.24) is 15.0 Å². The SMILES string of the molecule is Fc1ccc2c(c1)[nH]c1c3[nH]c4ccccc4c3c3c4ccc(F)c(F)c4[nH]c3c21. The maximum Gasteiger partial charge on any atom is 0.182 e. The number of rotatable bonds is 0. The van der Waals surface area contributed by atoms with E-state index in [0.717, 1.165) is 49.5 Å². The highest BCUT2D eigenvalue weighted by atomic mass is 19.2. The topological polar surface area (TPSA) is 47.4 Å². The minimum Gasteiger partial charge on any atom is -0.353 e. The molecule has 0 unspecified atom stereocenters. The second-order valence-electron chi connectivity index (χ2n) is 7.64. The summed E-state index contributed by atoms with van der Waals surface area (Å²) < 4.78 is 42.6. The molecule has 7 rings (SSSR count). The van der Waals surface area contributed by atoms with E-state index >= 15 is 0 Å². The van der Waals surface area contributed by atoms with Crippen LogP contribution in [0.5, 0.6) is 0 Å². The number of halogens is 3. The molecule has 3 aromatic heterocycles. The third-order valence-corrected chi connectivity index (χ3v) is 6.08. The molecule has 3 nitrogen and oxygen atoms in total. The quantitative estimate of drug-likeness (QED) is 0.246. The molecule has 0 fully saturated rings. The van der Waals surface area contributed by atoms with Crippen LogP contribution in [0.15, 0.2) is 54.6 Å². The molecule has 0 aliphatic rings. The molecule has 0 bridgehead atoms. The van der Waals surface area contributed by atoms with Gasteiger partial charge in [0, 0.05) is 43.4 Å². The third-order valence-electron chi connectivity index (χ3n) is 6.08. The summed E-state index contributed by atoms with van der Waals surface area (Å²) in [6.07, 6.45) is 0. The second-order valence-corrected chi connectivity index (χ2v) is 7.64. The summed E-state index contributed by atoms with van der Waals surface area (Å²) in [7, 11) is 0. The van der Waals surface area contributed by atoms with Gasteiger partial charge in [-0.25, -0.2) is 13.2 Å².